The van der Waals surface area contributed by atoms with Crippen molar-refractivity contribution in [3.63, 3.8) is 0 Å². The highest BCUT2D eigenvalue weighted by Crippen LogP contribution is 2.20. The summed E-state index contributed by atoms with van der Waals surface area (Å²) in [6, 6.07) is 7.96. The van der Waals surface area contributed by atoms with E-state index >= 15 is 0 Å². The van der Waals surface area contributed by atoms with Crippen LogP contribution in [-0.2, 0) is 14.4 Å². The third-order valence-electron chi connectivity index (χ3n) is 3.99. The highest BCUT2D eigenvalue weighted by Gasteiger charge is 2.34. The Morgan fingerprint density at radius 1 is 0.926 bits per heavy atom. The van der Waals surface area contributed by atoms with Crippen molar-refractivity contribution in [1.82, 2.24) is 4.90 Å². The highest BCUT2D eigenvalue weighted by molar-refractivity contribution is 6.41. The molecule has 1 N–H and O–H groups in total. The summed E-state index contributed by atoms with van der Waals surface area (Å²) in [6.45, 7) is -0.298. The second kappa shape index (κ2) is 7.48. The summed E-state index contributed by atoms with van der Waals surface area (Å²) in [7, 11) is 0. The second-order valence-electron chi connectivity index (χ2n) is 5.84. The second-order valence-corrected chi connectivity index (χ2v) is 5.84. The van der Waals surface area contributed by atoms with Gasteiger partial charge in [0, 0.05) is 30.5 Å². The number of nitrogens with zero attached hydrogens (tertiary/aromatic N) is 2. The first-order valence-corrected chi connectivity index (χ1v) is 7.96. The fraction of sp³-hybridized carbons (Fsp3) is 0.167. The van der Waals surface area contributed by atoms with Gasteiger partial charge in [-0.05, 0) is 36.4 Å². The van der Waals surface area contributed by atoms with Crippen LogP contribution in [0, 0.1) is 17.5 Å². The third-order valence-corrected chi connectivity index (χ3v) is 3.99. The maximum absolute atomic E-state index is 13.4. The van der Waals surface area contributed by atoms with Crippen LogP contribution in [0.3, 0.4) is 0 Å². The molecule has 3 amide bonds. The van der Waals surface area contributed by atoms with Crippen molar-refractivity contribution in [2.75, 3.05) is 29.9 Å². The largest absolute Gasteiger partial charge is 0.325 e. The van der Waals surface area contributed by atoms with Crippen LogP contribution in [0.1, 0.15) is 0 Å². The van der Waals surface area contributed by atoms with Crippen LogP contribution in [0.2, 0.25) is 0 Å². The molecule has 0 bridgehead atoms. The van der Waals surface area contributed by atoms with Gasteiger partial charge in [-0.1, -0.05) is 0 Å². The molecule has 3 rings (SSSR count). The number of piperazine rings is 1. The quantitative estimate of drug-likeness (QED) is 0.828. The SMILES string of the molecule is O=C(CN1CCN(c2ccc(F)c(F)c2)C(=O)C1=O)Nc1ccc(F)cc1. The maximum atomic E-state index is 13.4. The van der Waals surface area contributed by atoms with Crippen LogP contribution in [-0.4, -0.2) is 42.3 Å². The zero-order valence-electron chi connectivity index (χ0n) is 13.9. The van der Waals surface area contributed by atoms with E-state index in [0.717, 1.165) is 21.9 Å². The van der Waals surface area contributed by atoms with Crippen LogP contribution >= 0.6 is 0 Å². The molecule has 0 unspecified atom stereocenters. The molecule has 0 spiro atoms. The van der Waals surface area contributed by atoms with E-state index in [9.17, 15) is 27.6 Å². The van der Waals surface area contributed by atoms with Crippen LogP contribution in [0.25, 0.3) is 0 Å². The lowest BCUT2D eigenvalue weighted by atomic mass is 10.2. The van der Waals surface area contributed by atoms with Gasteiger partial charge in [0.2, 0.25) is 5.91 Å². The Hall–Kier alpha value is -3.36. The highest BCUT2D eigenvalue weighted by atomic mass is 19.2. The standard InChI is InChI=1S/C18H14F3N3O3/c19-11-1-3-12(4-2-11)22-16(25)10-23-7-8-24(18(27)17(23)26)13-5-6-14(20)15(21)9-13/h1-6,9H,7-8,10H2,(H,22,25). The summed E-state index contributed by atoms with van der Waals surface area (Å²) < 4.78 is 39.2. The van der Waals surface area contributed by atoms with E-state index in [1.165, 1.54) is 30.3 Å². The van der Waals surface area contributed by atoms with Crippen molar-refractivity contribution >= 4 is 29.1 Å². The van der Waals surface area contributed by atoms with Crippen LogP contribution in [0.4, 0.5) is 24.5 Å². The number of benzene rings is 2. The monoisotopic (exact) mass is 377 g/mol. The smallest absolute Gasteiger partial charge is 0.316 e. The summed E-state index contributed by atoms with van der Waals surface area (Å²) in [5, 5.41) is 2.49. The summed E-state index contributed by atoms with van der Waals surface area (Å²) in [5.41, 5.74) is 0.406. The molecule has 1 aliphatic heterocycles. The van der Waals surface area contributed by atoms with Gasteiger partial charge in [0.25, 0.3) is 0 Å². The number of nitrogens with one attached hydrogen (secondary N) is 1. The van der Waals surface area contributed by atoms with E-state index < -0.39 is 35.2 Å². The summed E-state index contributed by atoms with van der Waals surface area (Å²) >= 11 is 0. The lowest BCUT2D eigenvalue weighted by Crippen LogP contribution is -2.56. The van der Waals surface area contributed by atoms with E-state index in [2.05, 4.69) is 5.32 Å². The van der Waals surface area contributed by atoms with Gasteiger partial charge in [-0.2, -0.15) is 0 Å². The first kappa shape index (κ1) is 18.4. The molecule has 0 saturated carbocycles. The molecule has 1 aliphatic rings. The minimum Gasteiger partial charge on any atom is -0.325 e. The number of anilines is 2. The van der Waals surface area contributed by atoms with Crippen LogP contribution in [0.15, 0.2) is 42.5 Å². The summed E-state index contributed by atoms with van der Waals surface area (Å²) in [5.74, 6) is -5.07. The molecule has 1 saturated heterocycles. The van der Waals surface area contributed by atoms with Crippen LogP contribution < -0.4 is 10.2 Å². The Morgan fingerprint density at radius 2 is 1.63 bits per heavy atom. The predicted molar refractivity (Wildman–Crippen MR) is 90.3 cm³/mol. The minimum absolute atomic E-state index is 0.0273. The molecule has 9 heteroatoms. The van der Waals surface area contributed by atoms with E-state index in [1.54, 1.807) is 0 Å². The Labute approximate surface area is 152 Å². The molecule has 1 fully saturated rings. The molecule has 6 nitrogen and oxygen atoms in total. The predicted octanol–water partition coefficient (Wildman–Crippen LogP) is 1.92. The van der Waals surface area contributed by atoms with Crippen molar-refractivity contribution in [3.8, 4) is 0 Å². The average molecular weight is 377 g/mol. The molecular formula is C18H14F3N3O3. The van der Waals surface area contributed by atoms with E-state index in [1.807, 2.05) is 0 Å². The van der Waals surface area contributed by atoms with Gasteiger partial charge >= 0.3 is 11.8 Å². The van der Waals surface area contributed by atoms with Gasteiger partial charge < -0.3 is 15.1 Å². The number of hydrogen-bond donors (Lipinski definition) is 1. The lowest BCUT2D eigenvalue weighted by Gasteiger charge is -2.33. The Kier molecular flexibility index (Phi) is 5.11. The molecule has 0 aliphatic carbocycles. The molecular weight excluding hydrogens is 363 g/mol. The Balaban J connectivity index is 1.64. The van der Waals surface area contributed by atoms with Gasteiger partial charge in [0.1, 0.15) is 12.4 Å². The lowest BCUT2D eigenvalue weighted by molar-refractivity contribution is -0.147. The third kappa shape index (κ3) is 4.08. The van der Waals surface area contributed by atoms with Crippen molar-refractivity contribution in [1.29, 1.82) is 0 Å². The summed E-state index contributed by atoms with van der Waals surface area (Å²) in [6.07, 6.45) is 0. The topological polar surface area (TPSA) is 69.7 Å². The normalized spacial score (nSPS) is 14.5. The zero-order valence-corrected chi connectivity index (χ0v) is 13.9. The fourth-order valence-corrected chi connectivity index (χ4v) is 2.63. The number of amides is 3. The first-order valence-electron chi connectivity index (χ1n) is 7.96. The fourth-order valence-electron chi connectivity index (χ4n) is 2.63. The van der Waals surface area contributed by atoms with Crippen molar-refractivity contribution in [3.05, 3.63) is 59.9 Å². The van der Waals surface area contributed by atoms with Gasteiger partial charge in [-0.15, -0.1) is 0 Å². The van der Waals surface area contributed by atoms with E-state index in [-0.39, 0.29) is 25.3 Å². The van der Waals surface area contributed by atoms with Gasteiger partial charge in [-0.3, -0.25) is 14.4 Å². The van der Waals surface area contributed by atoms with Gasteiger partial charge in [0.05, 0.1) is 0 Å². The van der Waals surface area contributed by atoms with Crippen LogP contribution in [0.5, 0.6) is 0 Å². The molecule has 2 aromatic rings. The van der Waals surface area contributed by atoms with Crippen molar-refractivity contribution in [2.24, 2.45) is 0 Å². The van der Waals surface area contributed by atoms with Gasteiger partial charge in [-0.25, -0.2) is 13.2 Å². The molecule has 2 aromatic carbocycles. The number of rotatable bonds is 4. The molecule has 1 heterocycles. The van der Waals surface area contributed by atoms with Crippen molar-refractivity contribution in [2.45, 2.75) is 0 Å². The molecule has 0 aromatic heterocycles. The molecule has 0 radical (unpaired) electrons. The minimum atomic E-state index is -1.13. The molecule has 27 heavy (non-hydrogen) atoms. The zero-order chi connectivity index (χ0) is 19.6. The first-order chi connectivity index (χ1) is 12.8. The molecule has 0 atom stereocenters. The maximum Gasteiger partial charge on any atom is 0.316 e. The average Bonchev–Trinajstić information content (AvgIpc) is 2.64. The van der Waals surface area contributed by atoms with Gasteiger partial charge in [0.15, 0.2) is 11.6 Å². The Morgan fingerprint density at radius 3 is 2.30 bits per heavy atom. The molecule has 140 valence electrons. The van der Waals surface area contributed by atoms with Crippen molar-refractivity contribution < 1.29 is 27.6 Å². The van der Waals surface area contributed by atoms with E-state index in [0.29, 0.717) is 5.69 Å². The number of carbonyl (C=O) groups excluding carboxylic acids is 3. The number of carbonyl (C=O) groups is 3. The van der Waals surface area contributed by atoms with E-state index in [4.69, 9.17) is 0 Å². The summed E-state index contributed by atoms with van der Waals surface area (Å²) in [4.78, 5) is 38.6. The number of halogens is 3. The Bertz CT molecular complexity index is 902. The number of hydrogen-bond acceptors (Lipinski definition) is 3.